The minimum atomic E-state index is -0.483. The van der Waals surface area contributed by atoms with Crippen LogP contribution in [0.3, 0.4) is 0 Å². The van der Waals surface area contributed by atoms with Gasteiger partial charge in [0.05, 0.1) is 4.90 Å². The third kappa shape index (κ3) is 2.71. The van der Waals surface area contributed by atoms with Gasteiger partial charge in [0.2, 0.25) is 0 Å². The van der Waals surface area contributed by atoms with E-state index in [0.717, 1.165) is 11.8 Å². The lowest BCUT2D eigenvalue weighted by atomic mass is 10.2. The summed E-state index contributed by atoms with van der Waals surface area (Å²) < 4.78 is 26.5. The van der Waals surface area contributed by atoms with Gasteiger partial charge in [0.15, 0.2) is 6.29 Å². The Morgan fingerprint density at radius 2 is 1.82 bits per heavy atom. The third-order valence-electron chi connectivity index (χ3n) is 2.14. The van der Waals surface area contributed by atoms with Crippen molar-refractivity contribution in [1.29, 1.82) is 0 Å². The van der Waals surface area contributed by atoms with Gasteiger partial charge in [0.25, 0.3) is 0 Å². The maximum absolute atomic E-state index is 13.5. The summed E-state index contributed by atoms with van der Waals surface area (Å²) in [4.78, 5) is 11.6. The average molecular weight is 250 g/mol. The van der Waals surface area contributed by atoms with Crippen molar-refractivity contribution < 1.29 is 13.6 Å². The zero-order chi connectivity index (χ0) is 12.3. The van der Waals surface area contributed by atoms with Crippen molar-refractivity contribution in [2.24, 2.45) is 0 Å². The van der Waals surface area contributed by atoms with Gasteiger partial charge in [-0.05, 0) is 24.3 Å². The predicted molar refractivity (Wildman–Crippen MR) is 62.3 cm³/mol. The molecule has 0 aliphatic carbocycles. The molecule has 0 heterocycles. The van der Waals surface area contributed by atoms with Crippen LogP contribution in [0.15, 0.2) is 52.3 Å². The van der Waals surface area contributed by atoms with E-state index in [-0.39, 0.29) is 16.3 Å². The summed E-state index contributed by atoms with van der Waals surface area (Å²) in [6.45, 7) is 0. The molecule has 0 atom stereocenters. The van der Waals surface area contributed by atoms with Crippen LogP contribution in [0.2, 0.25) is 0 Å². The lowest BCUT2D eigenvalue weighted by molar-refractivity contribution is 0.112. The Labute approximate surface area is 101 Å². The van der Waals surface area contributed by atoms with Gasteiger partial charge in [0, 0.05) is 10.5 Å². The quantitative estimate of drug-likeness (QED) is 0.768. The Morgan fingerprint density at radius 1 is 1.06 bits per heavy atom. The molecule has 86 valence electrons. The standard InChI is InChI=1S/C13H8F2OS/c14-10-4-2-5-11(7-10)17-13-9(8-16)3-1-6-12(13)15/h1-8H. The van der Waals surface area contributed by atoms with Crippen LogP contribution in [0.4, 0.5) is 8.78 Å². The van der Waals surface area contributed by atoms with Gasteiger partial charge in [0.1, 0.15) is 11.6 Å². The molecule has 0 unspecified atom stereocenters. The Bertz CT molecular complexity index is 555. The fourth-order valence-corrected chi connectivity index (χ4v) is 2.33. The maximum Gasteiger partial charge on any atom is 0.151 e. The number of rotatable bonds is 3. The lowest BCUT2D eigenvalue weighted by Crippen LogP contribution is -1.89. The SMILES string of the molecule is O=Cc1cccc(F)c1Sc1cccc(F)c1. The molecule has 2 aromatic carbocycles. The Balaban J connectivity index is 2.39. The topological polar surface area (TPSA) is 17.1 Å². The third-order valence-corrected chi connectivity index (χ3v) is 3.26. The number of halogens is 2. The molecule has 2 aromatic rings. The molecule has 17 heavy (non-hydrogen) atoms. The Kier molecular flexibility index (Phi) is 3.54. The minimum absolute atomic E-state index is 0.216. The van der Waals surface area contributed by atoms with Crippen LogP contribution in [0, 0.1) is 11.6 Å². The first-order valence-corrected chi connectivity index (χ1v) is 5.69. The molecule has 0 bridgehead atoms. The smallest absolute Gasteiger partial charge is 0.151 e. The predicted octanol–water partition coefficient (Wildman–Crippen LogP) is 3.93. The minimum Gasteiger partial charge on any atom is -0.298 e. The highest BCUT2D eigenvalue weighted by molar-refractivity contribution is 7.99. The molecule has 0 N–H and O–H groups in total. The van der Waals surface area contributed by atoms with Crippen LogP contribution in [-0.4, -0.2) is 6.29 Å². The summed E-state index contributed by atoms with van der Waals surface area (Å²) in [6.07, 6.45) is 0.588. The van der Waals surface area contributed by atoms with Crippen molar-refractivity contribution in [2.75, 3.05) is 0 Å². The lowest BCUT2D eigenvalue weighted by Gasteiger charge is -2.05. The number of benzene rings is 2. The highest BCUT2D eigenvalue weighted by Crippen LogP contribution is 2.32. The number of aldehydes is 1. The highest BCUT2D eigenvalue weighted by atomic mass is 32.2. The van der Waals surface area contributed by atoms with Crippen molar-refractivity contribution in [1.82, 2.24) is 0 Å². The molecule has 0 radical (unpaired) electrons. The molecule has 2 rings (SSSR count). The second-order valence-corrected chi connectivity index (χ2v) is 4.42. The van der Waals surface area contributed by atoms with Gasteiger partial charge in [-0.2, -0.15) is 0 Å². The fourth-order valence-electron chi connectivity index (χ4n) is 1.37. The average Bonchev–Trinajstić information content (AvgIpc) is 2.32. The molecule has 0 saturated heterocycles. The molecule has 0 fully saturated rings. The highest BCUT2D eigenvalue weighted by Gasteiger charge is 2.09. The number of carbonyl (C=O) groups is 1. The molecule has 0 aromatic heterocycles. The molecular formula is C13H8F2OS. The maximum atomic E-state index is 13.5. The monoisotopic (exact) mass is 250 g/mol. The summed E-state index contributed by atoms with van der Waals surface area (Å²) in [5.41, 5.74) is 0.263. The van der Waals surface area contributed by atoms with E-state index in [4.69, 9.17) is 0 Å². The van der Waals surface area contributed by atoms with Crippen molar-refractivity contribution in [2.45, 2.75) is 9.79 Å². The van der Waals surface area contributed by atoms with E-state index in [1.165, 1.54) is 30.3 Å². The van der Waals surface area contributed by atoms with Crippen molar-refractivity contribution in [3.63, 3.8) is 0 Å². The van der Waals surface area contributed by atoms with Crippen LogP contribution >= 0.6 is 11.8 Å². The number of hydrogen-bond acceptors (Lipinski definition) is 2. The van der Waals surface area contributed by atoms with E-state index in [1.54, 1.807) is 12.1 Å². The summed E-state index contributed by atoms with van der Waals surface area (Å²) in [7, 11) is 0. The van der Waals surface area contributed by atoms with E-state index in [1.807, 2.05) is 0 Å². The number of hydrogen-bond donors (Lipinski definition) is 0. The van der Waals surface area contributed by atoms with E-state index < -0.39 is 5.82 Å². The normalized spacial score (nSPS) is 10.2. The van der Waals surface area contributed by atoms with Crippen LogP contribution in [0.5, 0.6) is 0 Å². The molecule has 1 nitrogen and oxygen atoms in total. The van der Waals surface area contributed by atoms with Crippen LogP contribution in [0.25, 0.3) is 0 Å². The van der Waals surface area contributed by atoms with Gasteiger partial charge in [-0.3, -0.25) is 4.79 Å². The second kappa shape index (κ2) is 5.10. The first-order chi connectivity index (χ1) is 8.20. The summed E-state index contributed by atoms with van der Waals surface area (Å²) >= 11 is 1.03. The molecule has 0 aliphatic heterocycles. The van der Waals surface area contributed by atoms with Gasteiger partial charge in [-0.1, -0.05) is 30.0 Å². The summed E-state index contributed by atoms with van der Waals surface area (Å²) in [6, 6.07) is 10.1. The van der Waals surface area contributed by atoms with Gasteiger partial charge < -0.3 is 0 Å². The van der Waals surface area contributed by atoms with Gasteiger partial charge >= 0.3 is 0 Å². The molecule has 0 amide bonds. The first kappa shape index (κ1) is 11.8. The molecule has 4 heteroatoms. The largest absolute Gasteiger partial charge is 0.298 e. The first-order valence-electron chi connectivity index (χ1n) is 4.88. The van der Waals surface area contributed by atoms with Crippen LogP contribution in [-0.2, 0) is 0 Å². The van der Waals surface area contributed by atoms with Crippen LogP contribution in [0.1, 0.15) is 10.4 Å². The molecule has 0 spiro atoms. The van der Waals surface area contributed by atoms with E-state index >= 15 is 0 Å². The summed E-state index contributed by atoms with van der Waals surface area (Å²) in [5.74, 6) is -0.872. The molecule has 0 saturated carbocycles. The van der Waals surface area contributed by atoms with E-state index in [9.17, 15) is 13.6 Å². The van der Waals surface area contributed by atoms with Crippen molar-refractivity contribution >= 4 is 18.0 Å². The zero-order valence-corrected chi connectivity index (χ0v) is 9.51. The fraction of sp³-hybridized carbons (Fsp3) is 0. The van der Waals surface area contributed by atoms with Crippen LogP contribution < -0.4 is 0 Å². The Morgan fingerprint density at radius 3 is 2.53 bits per heavy atom. The van der Waals surface area contributed by atoms with E-state index in [2.05, 4.69) is 0 Å². The molecule has 0 aliphatic rings. The number of carbonyl (C=O) groups excluding carboxylic acids is 1. The van der Waals surface area contributed by atoms with Crippen molar-refractivity contribution in [3.8, 4) is 0 Å². The van der Waals surface area contributed by atoms with E-state index in [0.29, 0.717) is 11.2 Å². The molecular weight excluding hydrogens is 242 g/mol. The Hall–Kier alpha value is -1.68. The zero-order valence-electron chi connectivity index (χ0n) is 8.69. The summed E-state index contributed by atoms with van der Waals surface area (Å²) in [5, 5.41) is 0. The van der Waals surface area contributed by atoms with Gasteiger partial charge in [-0.25, -0.2) is 8.78 Å². The van der Waals surface area contributed by atoms with Gasteiger partial charge in [-0.15, -0.1) is 0 Å². The van der Waals surface area contributed by atoms with Crippen molar-refractivity contribution in [3.05, 3.63) is 59.7 Å². The second-order valence-electron chi connectivity index (χ2n) is 3.34.